The fraction of sp³-hybridized carbons (Fsp3) is 0.667. The van der Waals surface area contributed by atoms with E-state index in [2.05, 4.69) is 40.2 Å². The van der Waals surface area contributed by atoms with E-state index in [0.717, 1.165) is 33.7 Å². The van der Waals surface area contributed by atoms with Gasteiger partial charge >= 0.3 is 0 Å². The van der Waals surface area contributed by atoms with Gasteiger partial charge in [0.2, 0.25) is 0 Å². The van der Waals surface area contributed by atoms with Gasteiger partial charge in [0.15, 0.2) is 0 Å². The van der Waals surface area contributed by atoms with Crippen molar-refractivity contribution in [1.29, 1.82) is 0 Å². The van der Waals surface area contributed by atoms with Crippen LogP contribution in [0.2, 0.25) is 0 Å². The number of halogens is 1. The van der Waals surface area contributed by atoms with Crippen LogP contribution in [0.1, 0.15) is 50.2 Å². The molecule has 6 atom stereocenters. The Labute approximate surface area is 129 Å². The van der Waals surface area contributed by atoms with Crippen LogP contribution in [-0.2, 0) is 0 Å². The van der Waals surface area contributed by atoms with Crippen molar-refractivity contribution >= 4 is 15.9 Å². The largest absolute Gasteiger partial charge is 0.388 e. The van der Waals surface area contributed by atoms with Crippen LogP contribution in [0.15, 0.2) is 28.7 Å². The fourth-order valence-electron chi connectivity index (χ4n) is 5.50. The van der Waals surface area contributed by atoms with E-state index in [1.54, 1.807) is 0 Å². The molecule has 0 aromatic heterocycles. The molecule has 2 heteroatoms. The number of aliphatic hydroxyl groups is 1. The molecule has 1 nitrogen and oxygen atoms in total. The van der Waals surface area contributed by atoms with Gasteiger partial charge in [-0.1, -0.05) is 47.3 Å². The Morgan fingerprint density at radius 1 is 0.900 bits per heavy atom. The lowest BCUT2D eigenvalue weighted by atomic mass is 9.67. The first kappa shape index (κ1) is 13.3. The molecule has 1 aromatic rings. The van der Waals surface area contributed by atoms with E-state index < -0.39 is 0 Å². The van der Waals surface area contributed by atoms with E-state index in [-0.39, 0.29) is 6.10 Å². The van der Waals surface area contributed by atoms with Crippen molar-refractivity contribution in [3.63, 3.8) is 0 Å². The highest BCUT2D eigenvalue weighted by Gasteiger charge is 2.50. The highest BCUT2D eigenvalue weighted by atomic mass is 79.9. The predicted molar refractivity (Wildman–Crippen MR) is 84.3 cm³/mol. The summed E-state index contributed by atoms with van der Waals surface area (Å²) in [5.41, 5.74) is 1.12. The maximum atomic E-state index is 11.0. The number of hydrogen-bond donors (Lipinski definition) is 1. The van der Waals surface area contributed by atoms with Crippen molar-refractivity contribution in [2.75, 3.05) is 0 Å². The topological polar surface area (TPSA) is 20.2 Å². The van der Waals surface area contributed by atoms with Crippen molar-refractivity contribution in [3.05, 3.63) is 34.3 Å². The lowest BCUT2D eigenvalue weighted by molar-refractivity contribution is 0.00819. The Morgan fingerprint density at radius 2 is 1.55 bits per heavy atom. The summed E-state index contributed by atoms with van der Waals surface area (Å²) in [6.45, 7) is 0. The smallest absolute Gasteiger partial charge is 0.0823 e. The second-order valence-corrected chi connectivity index (χ2v) is 8.17. The molecule has 3 bridgehead atoms. The van der Waals surface area contributed by atoms with Crippen molar-refractivity contribution < 1.29 is 5.11 Å². The molecule has 108 valence electrons. The Balaban J connectivity index is 1.62. The van der Waals surface area contributed by atoms with E-state index in [4.69, 9.17) is 0 Å². The van der Waals surface area contributed by atoms with Gasteiger partial charge in [0.1, 0.15) is 0 Å². The molecule has 3 aliphatic carbocycles. The molecule has 20 heavy (non-hydrogen) atoms. The maximum absolute atomic E-state index is 11.0. The van der Waals surface area contributed by atoms with Crippen molar-refractivity contribution in [1.82, 2.24) is 0 Å². The van der Waals surface area contributed by atoms with Gasteiger partial charge in [-0.25, -0.2) is 0 Å². The van der Waals surface area contributed by atoms with Crippen LogP contribution in [0.5, 0.6) is 0 Å². The van der Waals surface area contributed by atoms with Crippen LogP contribution in [0.4, 0.5) is 0 Å². The number of fused-ring (bicyclic) bond motifs is 2. The van der Waals surface area contributed by atoms with Gasteiger partial charge in [-0.15, -0.1) is 0 Å². The molecule has 3 aliphatic rings. The van der Waals surface area contributed by atoms with Crippen molar-refractivity contribution in [2.24, 2.45) is 29.6 Å². The molecule has 0 aliphatic heterocycles. The van der Waals surface area contributed by atoms with Crippen molar-refractivity contribution in [3.8, 4) is 0 Å². The third-order valence-corrected chi connectivity index (χ3v) is 6.83. The third kappa shape index (κ3) is 2.16. The SMILES string of the molecule is OC(c1ccc(Br)cc1)C1C2CCCC3CC1CC3C2. The minimum Gasteiger partial charge on any atom is -0.388 e. The average Bonchev–Trinajstić information content (AvgIpc) is 2.67. The highest BCUT2D eigenvalue weighted by molar-refractivity contribution is 9.10. The van der Waals surface area contributed by atoms with Crippen LogP contribution in [0.25, 0.3) is 0 Å². The normalized spacial score (nSPS) is 40.6. The summed E-state index contributed by atoms with van der Waals surface area (Å²) < 4.78 is 1.09. The number of hydrogen-bond acceptors (Lipinski definition) is 1. The van der Waals surface area contributed by atoms with E-state index in [0.29, 0.717) is 5.92 Å². The summed E-state index contributed by atoms with van der Waals surface area (Å²) in [6, 6.07) is 8.30. The second-order valence-electron chi connectivity index (χ2n) is 7.25. The Bertz CT molecular complexity index is 483. The molecule has 1 N–H and O–H groups in total. The molecule has 1 aromatic carbocycles. The molecular weight excluding hydrogens is 312 g/mol. The lowest BCUT2D eigenvalue weighted by Gasteiger charge is -2.39. The molecule has 3 saturated carbocycles. The number of rotatable bonds is 2. The Kier molecular flexibility index (Phi) is 3.42. The van der Waals surface area contributed by atoms with Gasteiger partial charge in [-0.2, -0.15) is 0 Å². The molecule has 0 saturated heterocycles. The summed E-state index contributed by atoms with van der Waals surface area (Å²) in [6.07, 6.45) is 8.11. The van der Waals surface area contributed by atoms with Crippen LogP contribution in [-0.4, -0.2) is 5.11 Å². The average molecular weight is 335 g/mol. The summed E-state index contributed by atoms with van der Waals surface area (Å²) in [4.78, 5) is 0. The predicted octanol–water partition coefficient (Wildman–Crippen LogP) is 4.94. The van der Waals surface area contributed by atoms with Gasteiger partial charge in [0.05, 0.1) is 6.10 Å². The zero-order valence-corrected chi connectivity index (χ0v) is 13.4. The van der Waals surface area contributed by atoms with Crippen molar-refractivity contribution in [2.45, 2.75) is 44.6 Å². The summed E-state index contributed by atoms with van der Waals surface area (Å²) in [5.74, 6) is 4.03. The molecule has 3 fully saturated rings. The maximum Gasteiger partial charge on any atom is 0.0823 e. The molecule has 0 spiro atoms. The van der Waals surface area contributed by atoms with Gasteiger partial charge in [0.25, 0.3) is 0 Å². The molecule has 0 radical (unpaired) electrons. The number of benzene rings is 1. The van der Waals surface area contributed by atoms with E-state index in [1.165, 1.54) is 38.5 Å². The number of aliphatic hydroxyl groups excluding tert-OH is 1. The minimum absolute atomic E-state index is 0.254. The molecule has 6 unspecified atom stereocenters. The quantitative estimate of drug-likeness (QED) is 0.811. The fourth-order valence-corrected chi connectivity index (χ4v) is 5.76. The van der Waals surface area contributed by atoms with E-state index in [9.17, 15) is 5.11 Å². The van der Waals surface area contributed by atoms with Crippen LogP contribution < -0.4 is 0 Å². The molecule has 0 amide bonds. The van der Waals surface area contributed by atoms with Gasteiger partial charge in [-0.05, 0) is 66.5 Å². The first-order chi connectivity index (χ1) is 9.72. The van der Waals surface area contributed by atoms with Crippen LogP contribution >= 0.6 is 15.9 Å². The summed E-state index contributed by atoms with van der Waals surface area (Å²) in [5, 5.41) is 11.0. The highest BCUT2D eigenvalue weighted by Crippen LogP contribution is 2.58. The Hall–Kier alpha value is -0.340. The van der Waals surface area contributed by atoms with Gasteiger partial charge in [-0.3, -0.25) is 0 Å². The third-order valence-electron chi connectivity index (χ3n) is 6.30. The first-order valence-corrected chi connectivity index (χ1v) is 8.95. The lowest BCUT2D eigenvalue weighted by Crippen LogP contribution is -2.32. The standard InChI is InChI=1S/C18H23BrO/c19-16-6-4-11(5-7-16)18(20)17-13-3-1-2-12-8-15(17)10-14(12)9-13/h4-7,12-15,17-18,20H,1-3,8-10H2. The van der Waals surface area contributed by atoms with Crippen LogP contribution in [0, 0.1) is 29.6 Å². The monoisotopic (exact) mass is 334 g/mol. The van der Waals surface area contributed by atoms with E-state index >= 15 is 0 Å². The molecule has 4 rings (SSSR count). The Morgan fingerprint density at radius 3 is 2.35 bits per heavy atom. The zero-order valence-electron chi connectivity index (χ0n) is 11.8. The van der Waals surface area contributed by atoms with Gasteiger partial charge in [0, 0.05) is 4.47 Å². The molecule has 0 heterocycles. The van der Waals surface area contributed by atoms with E-state index in [1.807, 2.05) is 0 Å². The summed E-state index contributed by atoms with van der Waals surface area (Å²) in [7, 11) is 0. The van der Waals surface area contributed by atoms with Crippen LogP contribution in [0.3, 0.4) is 0 Å². The summed E-state index contributed by atoms with van der Waals surface area (Å²) >= 11 is 3.48. The van der Waals surface area contributed by atoms with Gasteiger partial charge < -0.3 is 5.11 Å². The zero-order chi connectivity index (χ0) is 13.7. The molecular formula is C18H23BrO. The second kappa shape index (κ2) is 5.14. The first-order valence-electron chi connectivity index (χ1n) is 8.16. The minimum atomic E-state index is -0.254.